The van der Waals surface area contributed by atoms with Gasteiger partial charge in [0.25, 0.3) is 0 Å². The number of nitrogens with one attached hydrogen (secondary N) is 2. The fourth-order valence-corrected chi connectivity index (χ4v) is 6.41. The van der Waals surface area contributed by atoms with Gasteiger partial charge in [-0.25, -0.2) is 8.42 Å². The molecule has 2 N–H and O–H groups in total. The zero-order valence-corrected chi connectivity index (χ0v) is 20.5. The zero-order valence-electron chi connectivity index (χ0n) is 17.4. The molecule has 0 aromatic carbocycles. The van der Waals surface area contributed by atoms with Crippen molar-refractivity contribution in [2.45, 2.75) is 70.9 Å². The van der Waals surface area contributed by atoms with E-state index in [0.29, 0.717) is 30.1 Å². The van der Waals surface area contributed by atoms with Gasteiger partial charge in [-0.05, 0) is 49.9 Å². The Bertz CT molecular complexity index is 606. The first-order valence-electron chi connectivity index (χ1n) is 10.8. The molecule has 0 bridgehead atoms. The topological polar surface area (TPSA) is 79.8 Å². The average Bonchev–Trinajstić information content (AvgIpc) is 3.00. The van der Waals surface area contributed by atoms with Crippen molar-refractivity contribution in [1.82, 2.24) is 10.6 Å². The van der Waals surface area contributed by atoms with Gasteiger partial charge in [0.15, 0.2) is 15.8 Å². The number of sulfone groups is 1. The minimum absolute atomic E-state index is 0. The molecule has 3 fully saturated rings. The summed E-state index contributed by atoms with van der Waals surface area (Å²) < 4.78 is 28.9. The third kappa shape index (κ3) is 7.63. The summed E-state index contributed by atoms with van der Waals surface area (Å²) >= 11 is 0. The largest absolute Gasteiger partial charge is 0.381 e. The Kier molecular flexibility index (Phi) is 9.80. The van der Waals surface area contributed by atoms with Crippen LogP contribution >= 0.6 is 24.0 Å². The zero-order chi connectivity index (χ0) is 19.3. The monoisotopic (exact) mass is 527 g/mol. The molecule has 0 aromatic heterocycles. The highest BCUT2D eigenvalue weighted by Crippen LogP contribution is 2.30. The third-order valence-corrected chi connectivity index (χ3v) is 8.23. The number of halogens is 1. The smallest absolute Gasteiger partial charge is 0.191 e. The van der Waals surface area contributed by atoms with E-state index in [4.69, 9.17) is 9.73 Å². The fourth-order valence-electron chi connectivity index (χ4n) is 4.56. The molecule has 1 aliphatic carbocycles. The first-order chi connectivity index (χ1) is 12.9. The number of aliphatic imine (C=N–C) groups is 1. The van der Waals surface area contributed by atoms with Gasteiger partial charge in [0.1, 0.15) is 0 Å². The molecule has 1 saturated carbocycles. The molecule has 0 spiro atoms. The standard InChI is InChI=1S/C20H37N3O3S.HI/c1-15(2)17-4-3-5-19(12-17)23-20(22-18-6-9-26-10-7-18)21-13-16-8-11-27(24,25)14-16;/h15-19H,3-14H2,1-2H3,(H2,21,22,23);1H. The summed E-state index contributed by atoms with van der Waals surface area (Å²) in [6.45, 7) is 6.83. The first kappa shape index (κ1) is 24.2. The van der Waals surface area contributed by atoms with E-state index in [9.17, 15) is 8.42 Å². The van der Waals surface area contributed by atoms with Crippen LogP contribution in [0.2, 0.25) is 0 Å². The predicted octanol–water partition coefficient (Wildman–Crippen LogP) is 2.97. The molecule has 3 aliphatic rings. The minimum atomic E-state index is -2.84. The molecular formula is C20H38IN3O3S. The minimum Gasteiger partial charge on any atom is -0.381 e. The molecule has 28 heavy (non-hydrogen) atoms. The van der Waals surface area contributed by atoms with Crippen molar-refractivity contribution in [3.63, 3.8) is 0 Å². The second-order valence-electron chi connectivity index (χ2n) is 9.00. The molecule has 8 heteroatoms. The van der Waals surface area contributed by atoms with Gasteiger partial charge in [-0.15, -0.1) is 24.0 Å². The van der Waals surface area contributed by atoms with Crippen LogP contribution in [-0.4, -0.2) is 57.7 Å². The Morgan fingerprint density at radius 3 is 2.43 bits per heavy atom. The molecule has 6 nitrogen and oxygen atoms in total. The molecule has 3 atom stereocenters. The molecule has 0 amide bonds. The van der Waals surface area contributed by atoms with Crippen molar-refractivity contribution in [2.24, 2.45) is 22.7 Å². The molecule has 2 heterocycles. The van der Waals surface area contributed by atoms with Crippen LogP contribution in [0.1, 0.15) is 58.8 Å². The Hall–Kier alpha value is -0.0900. The van der Waals surface area contributed by atoms with Crippen LogP contribution in [-0.2, 0) is 14.6 Å². The molecule has 0 aromatic rings. The van der Waals surface area contributed by atoms with E-state index >= 15 is 0 Å². The highest BCUT2D eigenvalue weighted by molar-refractivity contribution is 14.0. The van der Waals surface area contributed by atoms with Crippen molar-refractivity contribution >= 4 is 39.8 Å². The SMILES string of the molecule is CC(C)C1CCCC(NC(=NCC2CCS(=O)(=O)C2)NC2CCOCC2)C1.I. The van der Waals surface area contributed by atoms with E-state index in [2.05, 4.69) is 24.5 Å². The van der Waals surface area contributed by atoms with E-state index in [1.54, 1.807) is 0 Å². The Balaban J connectivity index is 0.00000280. The van der Waals surface area contributed by atoms with Crippen molar-refractivity contribution in [3.8, 4) is 0 Å². The number of ether oxygens (including phenoxy) is 1. The van der Waals surface area contributed by atoms with E-state index in [1.165, 1.54) is 25.7 Å². The van der Waals surface area contributed by atoms with Gasteiger partial charge in [-0.1, -0.05) is 26.7 Å². The summed E-state index contributed by atoms with van der Waals surface area (Å²) in [6, 6.07) is 0.853. The van der Waals surface area contributed by atoms with Gasteiger partial charge in [0, 0.05) is 31.8 Å². The lowest BCUT2D eigenvalue weighted by Crippen LogP contribution is -2.50. The second kappa shape index (κ2) is 11.3. The van der Waals surface area contributed by atoms with Crippen LogP contribution < -0.4 is 10.6 Å². The maximum absolute atomic E-state index is 11.7. The van der Waals surface area contributed by atoms with E-state index in [-0.39, 0.29) is 29.9 Å². The van der Waals surface area contributed by atoms with Crippen LogP contribution in [0.4, 0.5) is 0 Å². The Labute approximate surface area is 188 Å². The van der Waals surface area contributed by atoms with Gasteiger partial charge in [0.2, 0.25) is 0 Å². The summed E-state index contributed by atoms with van der Waals surface area (Å²) in [5.41, 5.74) is 0. The maximum Gasteiger partial charge on any atom is 0.191 e. The number of rotatable bonds is 5. The second-order valence-corrected chi connectivity index (χ2v) is 11.2. The number of nitrogens with zero attached hydrogens (tertiary/aromatic N) is 1. The molecule has 3 rings (SSSR count). The van der Waals surface area contributed by atoms with Crippen LogP contribution in [0.3, 0.4) is 0 Å². The molecule has 164 valence electrons. The van der Waals surface area contributed by atoms with Gasteiger partial charge in [-0.2, -0.15) is 0 Å². The van der Waals surface area contributed by atoms with Gasteiger partial charge >= 0.3 is 0 Å². The summed E-state index contributed by atoms with van der Waals surface area (Å²) in [5, 5.41) is 7.28. The predicted molar refractivity (Wildman–Crippen MR) is 125 cm³/mol. The van der Waals surface area contributed by atoms with Crippen LogP contribution in [0.15, 0.2) is 4.99 Å². The lowest BCUT2D eigenvalue weighted by molar-refractivity contribution is 0.0821. The Morgan fingerprint density at radius 2 is 1.79 bits per heavy atom. The van der Waals surface area contributed by atoms with Crippen LogP contribution in [0.25, 0.3) is 0 Å². The van der Waals surface area contributed by atoms with Crippen LogP contribution in [0, 0.1) is 17.8 Å². The van der Waals surface area contributed by atoms with Gasteiger partial charge in [0.05, 0.1) is 11.5 Å². The van der Waals surface area contributed by atoms with Crippen molar-refractivity contribution < 1.29 is 13.2 Å². The van der Waals surface area contributed by atoms with Crippen molar-refractivity contribution in [2.75, 3.05) is 31.3 Å². The molecule has 0 radical (unpaired) electrons. The molecule has 3 unspecified atom stereocenters. The van der Waals surface area contributed by atoms with Crippen LogP contribution in [0.5, 0.6) is 0 Å². The lowest BCUT2D eigenvalue weighted by Gasteiger charge is -2.34. The molecule has 2 saturated heterocycles. The fraction of sp³-hybridized carbons (Fsp3) is 0.950. The van der Waals surface area contributed by atoms with Crippen molar-refractivity contribution in [1.29, 1.82) is 0 Å². The highest BCUT2D eigenvalue weighted by Gasteiger charge is 2.29. The summed E-state index contributed by atoms with van der Waals surface area (Å²) in [5.74, 6) is 3.16. The molecule has 2 aliphatic heterocycles. The summed E-state index contributed by atoms with van der Waals surface area (Å²) in [7, 11) is -2.84. The average molecular weight is 528 g/mol. The summed E-state index contributed by atoms with van der Waals surface area (Å²) in [6.07, 6.45) is 7.73. The first-order valence-corrected chi connectivity index (χ1v) is 12.6. The number of guanidine groups is 1. The lowest BCUT2D eigenvalue weighted by atomic mass is 9.79. The normalized spacial score (nSPS) is 31.4. The molecular weight excluding hydrogens is 489 g/mol. The van der Waals surface area contributed by atoms with E-state index < -0.39 is 9.84 Å². The quantitative estimate of drug-likeness (QED) is 0.327. The Morgan fingerprint density at radius 1 is 1.07 bits per heavy atom. The maximum atomic E-state index is 11.7. The van der Waals surface area contributed by atoms with E-state index in [0.717, 1.165) is 50.3 Å². The number of hydrogen-bond donors (Lipinski definition) is 2. The van der Waals surface area contributed by atoms with Gasteiger partial charge in [-0.3, -0.25) is 4.99 Å². The van der Waals surface area contributed by atoms with Gasteiger partial charge < -0.3 is 15.4 Å². The summed E-state index contributed by atoms with van der Waals surface area (Å²) in [4.78, 5) is 4.82. The van der Waals surface area contributed by atoms with Crippen molar-refractivity contribution in [3.05, 3.63) is 0 Å². The highest BCUT2D eigenvalue weighted by atomic mass is 127. The third-order valence-electron chi connectivity index (χ3n) is 6.39. The van der Waals surface area contributed by atoms with E-state index in [1.807, 2.05) is 0 Å². The number of hydrogen-bond acceptors (Lipinski definition) is 4.